The Kier molecular flexibility index (Phi) is 2.09. The van der Waals surface area contributed by atoms with Gasteiger partial charge < -0.3 is 15.8 Å². The van der Waals surface area contributed by atoms with Crippen molar-refractivity contribution in [3.63, 3.8) is 0 Å². The zero-order valence-electron chi connectivity index (χ0n) is 5.37. The van der Waals surface area contributed by atoms with Crippen LogP contribution in [0.2, 0.25) is 0 Å². The van der Waals surface area contributed by atoms with Gasteiger partial charge in [0, 0.05) is 6.54 Å². The number of nitrogens with one attached hydrogen (secondary N) is 2. The van der Waals surface area contributed by atoms with Crippen LogP contribution in [0.25, 0.3) is 0 Å². The Hall–Kier alpha value is -1.26. The first-order chi connectivity index (χ1) is 4.83. The molecular weight excluding hydrogens is 134 g/mol. The van der Waals surface area contributed by atoms with Gasteiger partial charge in [0.25, 0.3) is 0 Å². The maximum atomic E-state index is 10.6. The number of urea groups is 1. The Balaban J connectivity index is 2.39. The van der Waals surface area contributed by atoms with E-state index in [2.05, 4.69) is 15.8 Å². The summed E-state index contributed by atoms with van der Waals surface area (Å²) in [6.45, 7) is 0.628. The lowest BCUT2D eigenvalue weighted by Crippen LogP contribution is -2.49. The van der Waals surface area contributed by atoms with Crippen molar-refractivity contribution in [2.24, 2.45) is 5.16 Å². The Morgan fingerprint density at radius 1 is 1.80 bits per heavy atom. The van der Waals surface area contributed by atoms with Crippen LogP contribution in [0.1, 0.15) is 6.42 Å². The maximum Gasteiger partial charge on any atom is 0.315 e. The summed E-state index contributed by atoms with van der Waals surface area (Å²) in [5, 5.41) is 16.1. The third kappa shape index (κ3) is 1.61. The van der Waals surface area contributed by atoms with Gasteiger partial charge in [-0.05, 0) is 6.42 Å². The van der Waals surface area contributed by atoms with Gasteiger partial charge in [-0.3, -0.25) is 0 Å². The Labute approximate surface area is 58.1 Å². The molecule has 1 aliphatic rings. The minimum atomic E-state index is -0.212. The fourth-order valence-electron chi connectivity index (χ4n) is 0.825. The third-order valence-electron chi connectivity index (χ3n) is 1.30. The van der Waals surface area contributed by atoms with E-state index in [9.17, 15) is 4.79 Å². The molecule has 1 saturated heterocycles. The maximum absolute atomic E-state index is 10.6. The van der Waals surface area contributed by atoms with Gasteiger partial charge in [0.1, 0.15) is 0 Å². The predicted octanol–water partition coefficient (Wildman–Crippen LogP) is -0.482. The highest BCUT2D eigenvalue weighted by Gasteiger charge is 2.14. The lowest BCUT2D eigenvalue weighted by Gasteiger charge is -2.19. The first-order valence-corrected chi connectivity index (χ1v) is 3.05. The molecule has 0 aromatic heterocycles. The summed E-state index contributed by atoms with van der Waals surface area (Å²) >= 11 is 0. The highest BCUT2D eigenvalue weighted by Crippen LogP contribution is 1.92. The summed E-state index contributed by atoms with van der Waals surface area (Å²) in [5.41, 5.74) is 0. The molecule has 5 nitrogen and oxygen atoms in total. The van der Waals surface area contributed by atoms with E-state index in [1.54, 1.807) is 0 Å². The van der Waals surface area contributed by atoms with Crippen LogP contribution in [0.5, 0.6) is 0 Å². The SMILES string of the molecule is O=C1NCCC(/C=N/O)N1. The molecule has 2 amide bonds. The molecule has 5 heteroatoms. The topological polar surface area (TPSA) is 73.7 Å². The third-order valence-corrected chi connectivity index (χ3v) is 1.30. The molecule has 0 saturated carbocycles. The fourth-order valence-corrected chi connectivity index (χ4v) is 0.825. The van der Waals surface area contributed by atoms with Gasteiger partial charge >= 0.3 is 6.03 Å². The first kappa shape index (κ1) is 6.85. The van der Waals surface area contributed by atoms with Gasteiger partial charge in [-0.15, -0.1) is 0 Å². The second-order valence-corrected chi connectivity index (χ2v) is 2.06. The number of hydrogen-bond acceptors (Lipinski definition) is 3. The molecule has 56 valence electrons. The normalized spacial score (nSPS) is 26.0. The van der Waals surface area contributed by atoms with Gasteiger partial charge in [-0.1, -0.05) is 5.16 Å². The molecule has 0 aliphatic carbocycles. The first-order valence-electron chi connectivity index (χ1n) is 3.05. The Morgan fingerprint density at radius 2 is 2.60 bits per heavy atom. The highest BCUT2D eigenvalue weighted by atomic mass is 16.4. The van der Waals surface area contributed by atoms with Crippen molar-refractivity contribution in [3.8, 4) is 0 Å². The van der Waals surface area contributed by atoms with Crippen molar-refractivity contribution < 1.29 is 10.0 Å². The summed E-state index contributed by atoms with van der Waals surface area (Å²) in [6, 6.07) is -0.338. The van der Waals surface area contributed by atoms with Crippen LogP contribution < -0.4 is 10.6 Å². The van der Waals surface area contributed by atoms with Crippen LogP contribution in [-0.2, 0) is 0 Å². The van der Waals surface area contributed by atoms with Gasteiger partial charge in [-0.2, -0.15) is 0 Å². The molecular formula is C5H9N3O2. The molecule has 1 aliphatic heterocycles. The summed E-state index contributed by atoms with van der Waals surface area (Å²) in [5.74, 6) is 0. The molecule has 0 aromatic rings. The monoisotopic (exact) mass is 143 g/mol. The molecule has 1 rings (SSSR count). The van der Waals surface area contributed by atoms with Crippen LogP contribution in [0.15, 0.2) is 5.16 Å². The van der Waals surface area contributed by atoms with Gasteiger partial charge in [0.2, 0.25) is 0 Å². The quantitative estimate of drug-likeness (QED) is 0.263. The van der Waals surface area contributed by atoms with Crippen molar-refractivity contribution in [1.29, 1.82) is 0 Å². The van der Waals surface area contributed by atoms with Crippen molar-refractivity contribution >= 4 is 12.2 Å². The average Bonchev–Trinajstić information content (AvgIpc) is 1.88. The van der Waals surface area contributed by atoms with E-state index in [0.717, 1.165) is 6.42 Å². The Morgan fingerprint density at radius 3 is 3.20 bits per heavy atom. The fraction of sp³-hybridized carbons (Fsp3) is 0.600. The van der Waals surface area contributed by atoms with E-state index in [-0.39, 0.29) is 12.1 Å². The summed E-state index contributed by atoms with van der Waals surface area (Å²) in [7, 11) is 0. The van der Waals surface area contributed by atoms with E-state index in [0.29, 0.717) is 6.54 Å². The van der Waals surface area contributed by atoms with E-state index in [1.807, 2.05) is 0 Å². The summed E-state index contributed by atoms with van der Waals surface area (Å²) < 4.78 is 0. The van der Waals surface area contributed by atoms with Crippen LogP contribution in [-0.4, -0.2) is 30.0 Å². The second-order valence-electron chi connectivity index (χ2n) is 2.06. The molecule has 0 radical (unpaired) electrons. The minimum absolute atomic E-state index is 0.126. The lowest BCUT2D eigenvalue weighted by atomic mass is 10.2. The number of oxime groups is 1. The van der Waals surface area contributed by atoms with E-state index < -0.39 is 0 Å². The largest absolute Gasteiger partial charge is 0.411 e. The number of nitrogens with zero attached hydrogens (tertiary/aromatic N) is 1. The van der Waals surface area contributed by atoms with Crippen molar-refractivity contribution in [2.75, 3.05) is 6.54 Å². The summed E-state index contributed by atoms with van der Waals surface area (Å²) in [4.78, 5) is 10.6. The molecule has 10 heavy (non-hydrogen) atoms. The molecule has 3 N–H and O–H groups in total. The average molecular weight is 143 g/mol. The van der Waals surface area contributed by atoms with E-state index in [1.165, 1.54) is 6.21 Å². The number of hydrogen-bond donors (Lipinski definition) is 3. The van der Waals surface area contributed by atoms with Crippen LogP contribution in [0, 0.1) is 0 Å². The molecule has 1 heterocycles. The lowest BCUT2D eigenvalue weighted by molar-refractivity contribution is 0.233. The van der Waals surface area contributed by atoms with E-state index >= 15 is 0 Å². The second kappa shape index (κ2) is 3.05. The van der Waals surface area contributed by atoms with Crippen LogP contribution >= 0.6 is 0 Å². The van der Waals surface area contributed by atoms with Crippen LogP contribution in [0.4, 0.5) is 4.79 Å². The predicted molar refractivity (Wildman–Crippen MR) is 35.2 cm³/mol. The van der Waals surface area contributed by atoms with E-state index in [4.69, 9.17) is 5.21 Å². The number of amides is 2. The molecule has 0 aromatic carbocycles. The van der Waals surface area contributed by atoms with Crippen LogP contribution in [0.3, 0.4) is 0 Å². The molecule has 0 spiro atoms. The van der Waals surface area contributed by atoms with Crippen molar-refractivity contribution in [2.45, 2.75) is 12.5 Å². The molecule has 1 atom stereocenters. The van der Waals surface area contributed by atoms with Gasteiger partial charge in [-0.25, -0.2) is 4.79 Å². The highest BCUT2D eigenvalue weighted by molar-refractivity contribution is 5.80. The zero-order valence-corrected chi connectivity index (χ0v) is 5.37. The minimum Gasteiger partial charge on any atom is -0.411 e. The van der Waals surface area contributed by atoms with Crippen molar-refractivity contribution in [3.05, 3.63) is 0 Å². The number of rotatable bonds is 1. The van der Waals surface area contributed by atoms with Gasteiger partial charge in [0.05, 0.1) is 12.3 Å². The number of carbonyl (C=O) groups is 1. The van der Waals surface area contributed by atoms with Crippen molar-refractivity contribution in [1.82, 2.24) is 10.6 Å². The number of carbonyl (C=O) groups excluding carboxylic acids is 1. The zero-order chi connectivity index (χ0) is 7.40. The smallest absolute Gasteiger partial charge is 0.315 e. The standard InChI is InChI=1S/C5H9N3O2/c9-5-6-2-1-4(8-5)3-7-10/h3-4,10H,1-2H2,(H2,6,8,9)/b7-3+. The molecule has 1 fully saturated rings. The molecule has 0 bridgehead atoms. The Bertz CT molecular complexity index is 157. The van der Waals surface area contributed by atoms with Gasteiger partial charge in [0.15, 0.2) is 0 Å². The summed E-state index contributed by atoms with van der Waals surface area (Å²) in [6.07, 6.45) is 2.06. The molecule has 1 unspecified atom stereocenters.